The zero-order valence-electron chi connectivity index (χ0n) is 11.9. The molecule has 1 saturated heterocycles. The fraction of sp³-hybridized carbons (Fsp3) is 0.500. The van der Waals surface area contributed by atoms with E-state index < -0.39 is 12.0 Å². The molecule has 0 radical (unpaired) electrons. The highest BCUT2D eigenvalue weighted by atomic mass is 16.4. The Bertz CT molecular complexity index is 552. The molecule has 0 bridgehead atoms. The van der Waals surface area contributed by atoms with Crippen molar-refractivity contribution in [2.45, 2.75) is 31.8 Å². The molecule has 0 aliphatic carbocycles. The van der Waals surface area contributed by atoms with Crippen LogP contribution in [0, 0.1) is 5.92 Å². The van der Waals surface area contributed by atoms with E-state index in [9.17, 15) is 14.7 Å². The minimum Gasteiger partial charge on any atom is -0.480 e. The van der Waals surface area contributed by atoms with E-state index >= 15 is 0 Å². The van der Waals surface area contributed by atoms with Gasteiger partial charge in [0.05, 0.1) is 5.92 Å². The molecule has 0 spiro atoms. The summed E-state index contributed by atoms with van der Waals surface area (Å²) in [6.45, 7) is 2.00. The van der Waals surface area contributed by atoms with E-state index in [4.69, 9.17) is 0 Å². The third kappa shape index (κ3) is 2.78. The maximum absolute atomic E-state index is 12.7. The van der Waals surface area contributed by atoms with E-state index in [1.54, 1.807) is 4.90 Å². The van der Waals surface area contributed by atoms with Crippen molar-refractivity contribution in [3.63, 3.8) is 0 Å². The number of hydrogen-bond acceptors (Lipinski definition) is 3. The smallest absolute Gasteiger partial charge is 0.326 e. The minimum atomic E-state index is -0.915. The molecule has 2 atom stereocenters. The standard InChI is InChI=1S/C16H20N2O3/c19-15(12-6-3-7-17-9-12)18-10-13-5-2-1-4-11(13)8-14(18)16(20)21/h1-2,4-5,12,14,17H,3,6-10H2,(H,20,21)/t12?,14-/m1/s1. The van der Waals surface area contributed by atoms with Gasteiger partial charge in [0.25, 0.3) is 0 Å². The Labute approximate surface area is 123 Å². The fourth-order valence-electron chi connectivity index (χ4n) is 3.27. The van der Waals surface area contributed by atoms with Gasteiger partial charge in [0, 0.05) is 19.5 Å². The molecule has 1 amide bonds. The lowest BCUT2D eigenvalue weighted by Gasteiger charge is -2.37. The number of rotatable bonds is 2. The molecular formula is C16H20N2O3. The van der Waals surface area contributed by atoms with Crippen molar-refractivity contribution in [1.82, 2.24) is 10.2 Å². The molecule has 1 unspecified atom stereocenters. The van der Waals surface area contributed by atoms with Crippen molar-refractivity contribution < 1.29 is 14.7 Å². The molecule has 112 valence electrons. The summed E-state index contributed by atoms with van der Waals surface area (Å²) >= 11 is 0. The van der Waals surface area contributed by atoms with Crippen molar-refractivity contribution in [2.75, 3.05) is 13.1 Å². The molecule has 0 saturated carbocycles. The molecule has 2 heterocycles. The molecule has 5 nitrogen and oxygen atoms in total. The predicted octanol–water partition coefficient (Wildman–Crippen LogP) is 1.02. The second kappa shape index (κ2) is 5.85. The highest BCUT2D eigenvalue weighted by Crippen LogP contribution is 2.26. The van der Waals surface area contributed by atoms with Crippen LogP contribution in [0.1, 0.15) is 24.0 Å². The summed E-state index contributed by atoms with van der Waals surface area (Å²) in [7, 11) is 0. The van der Waals surface area contributed by atoms with E-state index in [0.29, 0.717) is 19.5 Å². The maximum Gasteiger partial charge on any atom is 0.326 e. The van der Waals surface area contributed by atoms with Crippen LogP contribution in [0.3, 0.4) is 0 Å². The number of carbonyl (C=O) groups is 2. The third-order valence-electron chi connectivity index (χ3n) is 4.46. The topological polar surface area (TPSA) is 69.6 Å². The van der Waals surface area contributed by atoms with E-state index in [2.05, 4.69) is 5.32 Å². The number of piperidine rings is 1. The van der Waals surface area contributed by atoms with E-state index in [1.807, 2.05) is 24.3 Å². The second-order valence-electron chi connectivity index (χ2n) is 5.84. The summed E-state index contributed by atoms with van der Waals surface area (Å²) in [6.07, 6.45) is 2.21. The Morgan fingerprint density at radius 1 is 1.24 bits per heavy atom. The van der Waals surface area contributed by atoms with E-state index in [-0.39, 0.29) is 11.8 Å². The molecule has 2 aliphatic heterocycles. The number of carbonyl (C=O) groups excluding carboxylic acids is 1. The zero-order valence-corrected chi connectivity index (χ0v) is 11.9. The molecule has 2 aliphatic rings. The SMILES string of the molecule is O=C(O)[C@H]1Cc2ccccc2CN1C(=O)C1CCCNC1. The largest absolute Gasteiger partial charge is 0.480 e. The maximum atomic E-state index is 12.7. The van der Waals surface area contributed by atoms with Crippen LogP contribution in [0.15, 0.2) is 24.3 Å². The normalized spacial score (nSPS) is 25.2. The lowest BCUT2D eigenvalue weighted by molar-refractivity contribution is -0.153. The summed E-state index contributed by atoms with van der Waals surface area (Å²) in [5.74, 6) is -1.03. The first-order valence-electron chi connectivity index (χ1n) is 7.47. The van der Waals surface area contributed by atoms with Crippen LogP contribution in [0.4, 0.5) is 0 Å². The number of benzene rings is 1. The van der Waals surface area contributed by atoms with Crippen molar-refractivity contribution >= 4 is 11.9 Å². The average molecular weight is 288 g/mol. The summed E-state index contributed by atoms with van der Waals surface area (Å²) in [4.78, 5) is 25.8. The fourth-order valence-corrected chi connectivity index (χ4v) is 3.27. The Morgan fingerprint density at radius 3 is 2.67 bits per heavy atom. The van der Waals surface area contributed by atoms with Crippen molar-refractivity contribution in [1.29, 1.82) is 0 Å². The molecule has 21 heavy (non-hydrogen) atoms. The zero-order chi connectivity index (χ0) is 14.8. The van der Waals surface area contributed by atoms with Gasteiger partial charge < -0.3 is 15.3 Å². The highest BCUT2D eigenvalue weighted by molar-refractivity contribution is 5.86. The van der Waals surface area contributed by atoms with Gasteiger partial charge in [0.15, 0.2) is 0 Å². The van der Waals surface area contributed by atoms with Crippen LogP contribution in [0.2, 0.25) is 0 Å². The molecule has 0 aromatic heterocycles. The van der Waals surface area contributed by atoms with E-state index in [0.717, 1.165) is 30.5 Å². The van der Waals surface area contributed by atoms with Gasteiger partial charge in [-0.05, 0) is 30.5 Å². The Kier molecular flexibility index (Phi) is 3.92. The van der Waals surface area contributed by atoms with Crippen LogP contribution < -0.4 is 5.32 Å². The Balaban J connectivity index is 1.85. The molecular weight excluding hydrogens is 268 g/mol. The number of nitrogens with zero attached hydrogens (tertiary/aromatic N) is 1. The van der Waals surface area contributed by atoms with Crippen LogP contribution in [0.5, 0.6) is 0 Å². The molecule has 1 aromatic carbocycles. The van der Waals surface area contributed by atoms with Crippen LogP contribution in [-0.4, -0.2) is 41.0 Å². The molecule has 2 N–H and O–H groups in total. The minimum absolute atomic E-state index is 0.0240. The number of hydrogen-bond donors (Lipinski definition) is 2. The van der Waals surface area contributed by atoms with E-state index in [1.165, 1.54) is 0 Å². The van der Waals surface area contributed by atoms with Crippen LogP contribution in [0.25, 0.3) is 0 Å². The first-order chi connectivity index (χ1) is 10.2. The first-order valence-corrected chi connectivity index (χ1v) is 7.47. The number of aliphatic carboxylic acids is 1. The Morgan fingerprint density at radius 2 is 2.00 bits per heavy atom. The Hall–Kier alpha value is -1.88. The number of carboxylic acid groups (broad SMARTS) is 1. The van der Waals surface area contributed by atoms with Gasteiger partial charge in [0.1, 0.15) is 6.04 Å². The first kappa shape index (κ1) is 14.1. The summed E-state index contributed by atoms with van der Waals surface area (Å²) < 4.78 is 0. The van der Waals surface area contributed by atoms with Gasteiger partial charge in [-0.25, -0.2) is 4.79 Å². The monoisotopic (exact) mass is 288 g/mol. The lowest BCUT2D eigenvalue weighted by atomic mass is 9.91. The number of nitrogens with one attached hydrogen (secondary N) is 1. The molecule has 3 rings (SSSR count). The number of amides is 1. The highest BCUT2D eigenvalue weighted by Gasteiger charge is 2.37. The van der Waals surface area contributed by atoms with Crippen molar-refractivity contribution in [3.05, 3.63) is 35.4 Å². The van der Waals surface area contributed by atoms with Gasteiger partial charge in [-0.2, -0.15) is 0 Å². The average Bonchev–Trinajstić information content (AvgIpc) is 2.53. The third-order valence-corrected chi connectivity index (χ3v) is 4.46. The van der Waals surface area contributed by atoms with Gasteiger partial charge in [-0.3, -0.25) is 4.79 Å². The lowest BCUT2D eigenvalue weighted by Crippen LogP contribution is -2.52. The number of fused-ring (bicyclic) bond motifs is 1. The van der Waals surface area contributed by atoms with Crippen LogP contribution >= 0.6 is 0 Å². The second-order valence-corrected chi connectivity index (χ2v) is 5.84. The quantitative estimate of drug-likeness (QED) is 0.852. The molecule has 5 heteroatoms. The molecule has 1 fully saturated rings. The number of carboxylic acids is 1. The molecule has 1 aromatic rings. The van der Waals surface area contributed by atoms with Crippen molar-refractivity contribution in [2.24, 2.45) is 5.92 Å². The van der Waals surface area contributed by atoms with Gasteiger partial charge in [-0.15, -0.1) is 0 Å². The van der Waals surface area contributed by atoms with Crippen LogP contribution in [-0.2, 0) is 22.6 Å². The summed E-state index contributed by atoms with van der Waals surface area (Å²) in [6, 6.07) is 7.04. The summed E-state index contributed by atoms with van der Waals surface area (Å²) in [5, 5.41) is 12.7. The summed E-state index contributed by atoms with van der Waals surface area (Å²) in [5.41, 5.74) is 2.10. The van der Waals surface area contributed by atoms with Gasteiger partial charge in [0.2, 0.25) is 5.91 Å². The predicted molar refractivity (Wildman–Crippen MR) is 77.7 cm³/mol. The van der Waals surface area contributed by atoms with Gasteiger partial charge in [-0.1, -0.05) is 24.3 Å². The van der Waals surface area contributed by atoms with Gasteiger partial charge >= 0.3 is 5.97 Å². The van der Waals surface area contributed by atoms with Crippen molar-refractivity contribution in [3.8, 4) is 0 Å².